The van der Waals surface area contributed by atoms with E-state index in [1.165, 1.54) is 12.1 Å². The van der Waals surface area contributed by atoms with Crippen LogP contribution < -0.4 is 5.32 Å². The van der Waals surface area contributed by atoms with Crippen LogP contribution in [0.1, 0.15) is 16.8 Å². The summed E-state index contributed by atoms with van der Waals surface area (Å²) in [5, 5.41) is 3.21. The van der Waals surface area contributed by atoms with Crippen LogP contribution in [0.4, 0.5) is 0 Å². The van der Waals surface area contributed by atoms with E-state index in [9.17, 15) is 13.2 Å². The number of nitrogens with zero attached hydrogens (tertiary/aromatic N) is 1. The Morgan fingerprint density at radius 1 is 1.40 bits per heavy atom. The maximum absolute atomic E-state index is 12.3. The molecule has 1 atom stereocenters. The molecule has 1 aliphatic rings. The Balaban J connectivity index is 0.00000200. The van der Waals surface area contributed by atoms with Gasteiger partial charge in [0.05, 0.1) is 4.90 Å². The maximum atomic E-state index is 12.3. The van der Waals surface area contributed by atoms with Gasteiger partial charge in [0.15, 0.2) is 9.84 Å². The van der Waals surface area contributed by atoms with Gasteiger partial charge in [-0.3, -0.25) is 4.79 Å². The fraction of sp³-hybridized carbons (Fsp3) is 0.462. The van der Waals surface area contributed by atoms with Crippen LogP contribution in [0.2, 0.25) is 0 Å². The zero-order valence-corrected chi connectivity index (χ0v) is 13.1. The number of halogens is 1. The molecule has 0 spiro atoms. The second-order valence-electron chi connectivity index (χ2n) is 4.86. The molecule has 1 saturated heterocycles. The first-order chi connectivity index (χ1) is 8.89. The van der Waals surface area contributed by atoms with Gasteiger partial charge >= 0.3 is 0 Å². The summed E-state index contributed by atoms with van der Waals surface area (Å²) in [6.45, 7) is 1.69. The smallest absolute Gasteiger partial charge is 0.253 e. The summed E-state index contributed by atoms with van der Waals surface area (Å²) < 4.78 is 23.0. The van der Waals surface area contributed by atoms with Crippen LogP contribution in [0, 0.1) is 0 Å². The van der Waals surface area contributed by atoms with Crippen molar-refractivity contribution < 1.29 is 13.2 Å². The minimum absolute atomic E-state index is 0. The highest BCUT2D eigenvalue weighted by atomic mass is 35.5. The zero-order valence-electron chi connectivity index (χ0n) is 11.5. The third-order valence-corrected chi connectivity index (χ3v) is 4.52. The number of benzene rings is 1. The van der Waals surface area contributed by atoms with E-state index in [4.69, 9.17) is 0 Å². The summed E-state index contributed by atoms with van der Waals surface area (Å²) >= 11 is 0. The summed E-state index contributed by atoms with van der Waals surface area (Å²) in [5.74, 6) is -0.140. The summed E-state index contributed by atoms with van der Waals surface area (Å²) in [6.07, 6.45) is 2.06. The van der Waals surface area contributed by atoms with Crippen LogP contribution >= 0.6 is 12.4 Å². The second kappa shape index (κ2) is 6.56. The van der Waals surface area contributed by atoms with Crippen molar-refractivity contribution in [1.29, 1.82) is 0 Å². The van der Waals surface area contributed by atoms with Crippen molar-refractivity contribution in [2.75, 3.05) is 26.4 Å². The SMILES string of the molecule is CN(C(=O)c1cccc(S(C)(=O)=O)c1)C1CCNC1.Cl. The fourth-order valence-corrected chi connectivity index (χ4v) is 2.87. The lowest BCUT2D eigenvalue weighted by Crippen LogP contribution is -2.38. The number of carbonyl (C=O) groups excluding carboxylic acids is 1. The molecule has 0 radical (unpaired) electrons. The Bertz CT molecular complexity index is 583. The Morgan fingerprint density at radius 3 is 2.65 bits per heavy atom. The average molecular weight is 319 g/mol. The standard InChI is InChI=1S/C13H18N2O3S.ClH/c1-15(11-6-7-14-9-11)13(16)10-4-3-5-12(8-10)19(2,17)18;/h3-5,8,11,14H,6-7,9H2,1-2H3;1H. The van der Waals surface area contributed by atoms with Crippen molar-refractivity contribution in [2.45, 2.75) is 17.4 Å². The second-order valence-corrected chi connectivity index (χ2v) is 6.88. The van der Waals surface area contributed by atoms with Gasteiger partial charge in [-0.25, -0.2) is 8.42 Å². The van der Waals surface area contributed by atoms with Gasteiger partial charge in [-0.1, -0.05) is 6.07 Å². The van der Waals surface area contributed by atoms with E-state index in [1.54, 1.807) is 24.1 Å². The first kappa shape index (κ1) is 16.9. The van der Waals surface area contributed by atoms with Gasteiger partial charge in [0.1, 0.15) is 0 Å². The minimum Gasteiger partial charge on any atom is -0.337 e. The molecule has 1 aromatic rings. The Hall–Kier alpha value is -1.11. The van der Waals surface area contributed by atoms with Crippen molar-refractivity contribution in [3.8, 4) is 0 Å². The van der Waals surface area contributed by atoms with Crippen LogP contribution in [0.25, 0.3) is 0 Å². The summed E-state index contributed by atoms with van der Waals surface area (Å²) in [6, 6.07) is 6.37. The number of carbonyl (C=O) groups is 1. The van der Waals surface area contributed by atoms with Gasteiger partial charge in [-0.15, -0.1) is 12.4 Å². The number of rotatable bonds is 3. The van der Waals surface area contributed by atoms with Crippen LogP contribution in [-0.4, -0.2) is 51.7 Å². The average Bonchev–Trinajstić information content (AvgIpc) is 2.90. The Morgan fingerprint density at radius 2 is 2.10 bits per heavy atom. The molecule has 20 heavy (non-hydrogen) atoms. The predicted octanol–water partition coefficient (Wildman–Crippen LogP) is 0.946. The van der Waals surface area contributed by atoms with E-state index in [-0.39, 0.29) is 29.3 Å². The van der Waals surface area contributed by atoms with Crippen molar-refractivity contribution >= 4 is 28.2 Å². The number of hydrogen-bond acceptors (Lipinski definition) is 4. The predicted molar refractivity (Wildman–Crippen MR) is 80.2 cm³/mol. The third-order valence-electron chi connectivity index (χ3n) is 3.41. The lowest BCUT2D eigenvalue weighted by atomic mass is 10.1. The van der Waals surface area contributed by atoms with Crippen LogP contribution in [-0.2, 0) is 9.84 Å². The number of likely N-dealkylation sites (N-methyl/N-ethyl adjacent to an activating group) is 1. The van der Waals surface area contributed by atoms with E-state index in [1.807, 2.05) is 0 Å². The molecule has 1 aromatic carbocycles. The van der Waals surface area contributed by atoms with Gasteiger partial charge in [-0.05, 0) is 31.2 Å². The van der Waals surface area contributed by atoms with Crippen LogP contribution in [0.5, 0.6) is 0 Å². The molecule has 2 rings (SSSR count). The largest absolute Gasteiger partial charge is 0.337 e. The summed E-state index contributed by atoms with van der Waals surface area (Å²) in [4.78, 5) is 14.2. The van der Waals surface area contributed by atoms with Crippen LogP contribution in [0.15, 0.2) is 29.2 Å². The third kappa shape index (κ3) is 3.71. The molecule has 1 heterocycles. The van der Waals surface area contributed by atoms with Gasteiger partial charge in [0, 0.05) is 31.5 Å². The van der Waals surface area contributed by atoms with E-state index >= 15 is 0 Å². The Kier molecular flexibility index (Phi) is 5.56. The molecule has 7 heteroatoms. The number of amides is 1. The summed E-state index contributed by atoms with van der Waals surface area (Å²) in [5.41, 5.74) is 0.414. The summed E-state index contributed by atoms with van der Waals surface area (Å²) in [7, 11) is -1.53. The molecule has 5 nitrogen and oxygen atoms in total. The molecule has 1 N–H and O–H groups in total. The molecule has 0 aliphatic carbocycles. The lowest BCUT2D eigenvalue weighted by Gasteiger charge is -2.23. The first-order valence-corrected chi connectivity index (χ1v) is 8.07. The van der Waals surface area contributed by atoms with E-state index in [2.05, 4.69) is 5.32 Å². The first-order valence-electron chi connectivity index (χ1n) is 6.17. The van der Waals surface area contributed by atoms with Crippen molar-refractivity contribution in [1.82, 2.24) is 10.2 Å². The van der Waals surface area contributed by atoms with Gasteiger partial charge < -0.3 is 10.2 Å². The van der Waals surface area contributed by atoms with Crippen molar-refractivity contribution in [3.63, 3.8) is 0 Å². The maximum Gasteiger partial charge on any atom is 0.253 e. The molecule has 1 fully saturated rings. The van der Waals surface area contributed by atoms with Crippen molar-refractivity contribution in [3.05, 3.63) is 29.8 Å². The van der Waals surface area contributed by atoms with Crippen LogP contribution in [0.3, 0.4) is 0 Å². The topological polar surface area (TPSA) is 66.5 Å². The molecule has 0 bridgehead atoms. The van der Waals surface area contributed by atoms with E-state index in [0.717, 1.165) is 25.8 Å². The van der Waals surface area contributed by atoms with Gasteiger partial charge in [0.2, 0.25) is 0 Å². The van der Waals surface area contributed by atoms with Gasteiger partial charge in [-0.2, -0.15) is 0 Å². The number of nitrogens with one attached hydrogen (secondary N) is 1. The fourth-order valence-electron chi connectivity index (χ4n) is 2.20. The minimum atomic E-state index is -3.29. The highest BCUT2D eigenvalue weighted by Gasteiger charge is 2.24. The van der Waals surface area contributed by atoms with Crippen molar-refractivity contribution in [2.24, 2.45) is 0 Å². The van der Waals surface area contributed by atoms with Gasteiger partial charge in [0.25, 0.3) is 5.91 Å². The van der Waals surface area contributed by atoms with E-state index in [0.29, 0.717) is 5.56 Å². The quantitative estimate of drug-likeness (QED) is 0.901. The number of hydrogen-bond donors (Lipinski definition) is 1. The molecule has 0 aromatic heterocycles. The normalized spacial score (nSPS) is 18.4. The molecule has 0 saturated carbocycles. The highest BCUT2D eigenvalue weighted by molar-refractivity contribution is 7.90. The molecule has 1 unspecified atom stereocenters. The molecular weight excluding hydrogens is 300 g/mol. The molecule has 1 aliphatic heterocycles. The monoisotopic (exact) mass is 318 g/mol. The Labute approximate surface area is 125 Å². The number of sulfone groups is 1. The molecule has 112 valence electrons. The van der Waals surface area contributed by atoms with E-state index < -0.39 is 9.84 Å². The highest BCUT2D eigenvalue weighted by Crippen LogP contribution is 2.15. The molecule has 1 amide bonds. The lowest BCUT2D eigenvalue weighted by molar-refractivity contribution is 0.0743. The molecular formula is C13H19ClN2O3S. The zero-order chi connectivity index (χ0) is 14.0.